The van der Waals surface area contributed by atoms with Crippen molar-refractivity contribution in [2.45, 2.75) is 64.8 Å². The van der Waals surface area contributed by atoms with Gasteiger partial charge in [0.15, 0.2) is 12.4 Å². The smallest absolute Gasteiger partial charge is 0.176 e. The summed E-state index contributed by atoms with van der Waals surface area (Å²) in [4.78, 5) is 0. The molecule has 0 aliphatic heterocycles. The molecular formula is C19H28NO+. The molecule has 1 aromatic carbocycles. The molecule has 0 atom stereocenters. The number of pyridine rings is 1. The molecule has 0 spiro atoms. The quantitative estimate of drug-likeness (QED) is 0.510. The molecule has 2 aromatic rings. The number of unbranched alkanes of at least 4 members (excludes halogenated alkanes) is 7. The fourth-order valence-corrected chi connectivity index (χ4v) is 2.82. The van der Waals surface area contributed by atoms with Crippen molar-refractivity contribution in [2.24, 2.45) is 0 Å². The van der Waals surface area contributed by atoms with Crippen LogP contribution in [0, 0.1) is 0 Å². The first kappa shape index (κ1) is 15.8. The van der Waals surface area contributed by atoms with Crippen LogP contribution in [0.25, 0.3) is 10.8 Å². The van der Waals surface area contributed by atoms with Crippen molar-refractivity contribution in [1.82, 2.24) is 0 Å². The van der Waals surface area contributed by atoms with Crippen LogP contribution in [0.3, 0.4) is 0 Å². The first-order valence-corrected chi connectivity index (χ1v) is 8.42. The zero-order valence-electron chi connectivity index (χ0n) is 13.2. The summed E-state index contributed by atoms with van der Waals surface area (Å²) >= 11 is 0. The predicted octanol–water partition coefficient (Wildman–Crippen LogP) is 4.97. The summed E-state index contributed by atoms with van der Waals surface area (Å²) < 4.78 is 2.23. The van der Waals surface area contributed by atoms with Crippen molar-refractivity contribution >= 4 is 10.8 Å². The molecule has 2 rings (SSSR count). The maximum absolute atomic E-state index is 9.79. The fraction of sp³-hybridized carbons (Fsp3) is 0.526. The van der Waals surface area contributed by atoms with E-state index in [1.165, 1.54) is 51.4 Å². The molecule has 0 aliphatic rings. The number of phenolic OH excluding ortho intramolecular Hbond substituents is 1. The van der Waals surface area contributed by atoms with Gasteiger partial charge in [-0.25, -0.2) is 4.57 Å². The second kappa shape index (κ2) is 8.66. The van der Waals surface area contributed by atoms with Crippen LogP contribution in [0.15, 0.2) is 36.7 Å². The van der Waals surface area contributed by atoms with Gasteiger partial charge in [0.2, 0.25) is 0 Å². The van der Waals surface area contributed by atoms with Crippen LogP contribution < -0.4 is 4.57 Å². The van der Waals surface area contributed by atoms with Crippen molar-refractivity contribution in [3.63, 3.8) is 0 Å². The van der Waals surface area contributed by atoms with Crippen molar-refractivity contribution in [1.29, 1.82) is 0 Å². The van der Waals surface area contributed by atoms with Crippen molar-refractivity contribution in [3.8, 4) is 5.75 Å². The highest BCUT2D eigenvalue weighted by Gasteiger charge is 2.05. The Morgan fingerprint density at radius 3 is 2.38 bits per heavy atom. The van der Waals surface area contributed by atoms with E-state index >= 15 is 0 Å². The Labute approximate surface area is 128 Å². The summed E-state index contributed by atoms with van der Waals surface area (Å²) in [6.07, 6.45) is 15.0. The molecule has 2 heteroatoms. The highest BCUT2D eigenvalue weighted by Crippen LogP contribution is 2.22. The molecule has 2 nitrogen and oxygen atoms in total. The summed E-state index contributed by atoms with van der Waals surface area (Å²) in [5.41, 5.74) is 0. The van der Waals surface area contributed by atoms with Gasteiger partial charge in [-0.2, -0.15) is 0 Å². The number of aryl methyl sites for hydroxylation is 1. The molecule has 1 N–H and O–H groups in total. The van der Waals surface area contributed by atoms with Gasteiger partial charge in [0.1, 0.15) is 12.3 Å². The number of hydrogen-bond donors (Lipinski definition) is 1. The van der Waals surface area contributed by atoms with Crippen LogP contribution in [0.4, 0.5) is 0 Å². The lowest BCUT2D eigenvalue weighted by molar-refractivity contribution is -0.696. The third kappa shape index (κ3) is 5.04. The summed E-state index contributed by atoms with van der Waals surface area (Å²) in [7, 11) is 0. The van der Waals surface area contributed by atoms with Crippen molar-refractivity contribution < 1.29 is 9.67 Å². The van der Waals surface area contributed by atoms with Gasteiger partial charge in [0, 0.05) is 23.3 Å². The number of rotatable bonds is 9. The van der Waals surface area contributed by atoms with Crippen LogP contribution in [0.1, 0.15) is 58.3 Å². The van der Waals surface area contributed by atoms with Gasteiger partial charge in [-0.05, 0) is 18.6 Å². The second-order valence-electron chi connectivity index (χ2n) is 5.94. The van der Waals surface area contributed by atoms with Crippen LogP contribution in [-0.2, 0) is 6.54 Å². The van der Waals surface area contributed by atoms with Crippen LogP contribution >= 0.6 is 0 Å². The van der Waals surface area contributed by atoms with E-state index in [9.17, 15) is 5.11 Å². The van der Waals surface area contributed by atoms with E-state index in [4.69, 9.17) is 0 Å². The van der Waals surface area contributed by atoms with E-state index in [1.807, 2.05) is 12.1 Å². The summed E-state index contributed by atoms with van der Waals surface area (Å²) in [6, 6.07) is 7.71. The third-order valence-corrected chi connectivity index (χ3v) is 4.12. The molecule has 114 valence electrons. The number of fused-ring (bicyclic) bond motifs is 1. The molecule has 0 saturated heterocycles. The van der Waals surface area contributed by atoms with Gasteiger partial charge in [0.25, 0.3) is 0 Å². The number of benzene rings is 1. The minimum absolute atomic E-state index is 0.367. The number of aromatic nitrogens is 1. The molecule has 0 aliphatic carbocycles. The first-order valence-electron chi connectivity index (χ1n) is 8.42. The Balaban J connectivity index is 1.71. The molecule has 0 saturated carbocycles. The maximum atomic E-state index is 9.79. The van der Waals surface area contributed by atoms with Crippen molar-refractivity contribution in [3.05, 3.63) is 36.7 Å². The minimum atomic E-state index is 0.367. The summed E-state index contributed by atoms with van der Waals surface area (Å²) in [5.74, 6) is 0.367. The van der Waals surface area contributed by atoms with Crippen molar-refractivity contribution in [2.75, 3.05) is 0 Å². The Hall–Kier alpha value is -1.57. The molecule has 21 heavy (non-hydrogen) atoms. The van der Waals surface area contributed by atoms with E-state index in [0.717, 1.165) is 17.3 Å². The second-order valence-corrected chi connectivity index (χ2v) is 5.94. The third-order valence-electron chi connectivity index (χ3n) is 4.12. The van der Waals surface area contributed by atoms with Gasteiger partial charge in [-0.15, -0.1) is 0 Å². The van der Waals surface area contributed by atoms with E-state index < -0.39 is 0 Å². The predicted molar refractivity (Wildman–Crippen MR) is 88.4 cm³/mol. The number of phenols is 1. The lowest BCUT2D eigenvalue weighted by Crippen LogP contribution is -2.32. The minimum Gasteiger partial charge on any atom is -0.507 e. The molecular weight excluding hydrogens is 258 g/mol. The average Bonchev–Trinajstić information content (AvgIpc) is 2.50. The molecule has 0 radical (unpaired) electrons. The Kier molecular flexibility index (Phi) is 6.52. The maximum Gasteiger partial charge on any atom is 0.176 e. The summed E-state index contributed by atoms with van der Waals surface area (Å²) in [5, 5.41) is 11.8. The summed E-state index contributed by atoms with van der Waals surface area (Å²) in [6.45, 7) is 3.33. The first-order chi connectivity index (χ1) is 10.3. The largest absolute Gasteiger partial charge is 0.507 e. The number of hydrogen-bond acceptors (Lipinski definition) is 1. The van der Waals surface area contributed by atoms with Gasteiger partial charge >= 0.3 is 0 Å². The lowest BCUT2D eigenvalue weighted by Gasteiger charge is -2.02. The molecule has 0 fully saturated rings. The zero-order chi connectivity index (χ0) is 14.9. The van der Waals surface area contributed by atoms with Gasteiger partial charge in [0.05, 0.1) is 0 Å². The van der Waals surface area contributed by atoms with E-state index in [2.05, 4.69) is 30.0 Å². The fourth-order valence-electron chi connectivity index (χ4n) is 2.82. The Morgan fingerprint density at radius 2 is 1.62 bits per heavy atom. The van der Waals surface area contributed by atoms with E-state index in [0.29, 0.717) is 5.75 Å². The molecule has 1 aromatic heterocycles. The molecule has 0 unspecified atom stereocenters. The van der Waals surface area contributed by atoms with Gasteiger partial charge in [-0.1, -0.05) is 51.5 Å². The van der Waals surface area contributed by atoms with E-state index in [-0.39, 0.29) is 0 Å². The Morgan fingerprint density at radius 1 is 0.905 bits per heavy atom. The normalized spacial score (nSPS) is 11.1. The lowest BCUT2D eigenvalue weighted by atomic mass is 10.1. The average molecular weight is 286 g/mol. The topological polar surface area (TPSA) is 24.1 Å². The van der Waals surface area contributed by atoms with Crippen LogP contribution in [0.5, 0.6) is 5.75 Å². The standard InChI is InChI=1S/C19H27NO/c1-2-3-4-5-6-7-8-9-14-20-15-13-18-17(16-20)11-10-12-19(18)21/h10-13,15-16H,2-9,14H2,1H3/p+1. The molecule has 1 heterocycles. The van der Waals surface area contributed by atoms with Gasteiger partial charge < -0.3 is 5.11 Å². The van der Waals surface area contributed by atoms with Crippen LogP contribution in [-0.4, -0.2) is 5.11 Å². The monoisotopic (exact) mass is 286 g/mol. The number of nitrogens with zero attached hydrogens (tertiary/aromatic N) is 1. The highest BCUT2D eigenvalue weighted by atomic mass is 16.3. The number of aromatic hydroxyl groups is 1. The Bertz CT molecular complexity index is 550. The van der Waals surface area contributed by atoms with E-state index in [1.54, 1.807) is 6.07 Å². The molecule has 0 amide bonds. The van der Waals surface area contributed by atoms with Gasteiger partial charge in [-0.3, -0.25) is 0 Å². The van der Waals surface area contributed by atoms with Crippen LogP contribution in [0.2, 0.25) is 0 Å². The SMILES string of the molecule is CCCCCCCCCC[n+]1ccc2c(O)cccc2c1. The highest BCUT2D eigenvalue weighted by molar-refractivity contribution is 5.86. The zero-order valence-corrected chi connectivity index (χ0v) is 13.2. The molecule has 0 bridgehead atoms.